The van der Waals surface area contributed by atoms with Crippen molar-refractivity contribution in [3.05, 3.63) is 66.1 Å². The molecule has 2 N–H and O–H groups in total. The zero-order chi connectivity index (χ0) is 20.3. The molecule has 2 atom stereocenters. The highest BCUT2D eigenvalue weighted by atomic mass is 19.1. The molecule has 0 aliphatic heterocycles. The molecule has 0 aliphatic carbocycles. The summed E-state index contributed by atoms with van der Waals surface area (Å²) >= 11 is 0. The molecule has 0 saturated carbocycles. The highest BCUT2D eigenvalue weighted by molar-refractivity contribution is 6.01. The maximum Gasteiger partial charge on any atom is 0.123 e. The fraction of sp³-hybridized carbons (Fsp3) is 0.333. The maximum atomic E-state index is 13.5. The first-order valence-electron chi connectivity index (χ1n) is 9.85. The zero-order valence-corrected chi connectivity index (χ0v) is 16.6. The van der Waals surface area contributed by atoms with Crippen molar-refractivity contribution >= 4 is 17.0 Å². The molecule has 0 aliphatic rings. The third-order valence-corrected chi connectivity index (χ3v) is 5.06. The highest BCUT2D eigenvalue weighted by Crippen LogP contribution is 2.38. The van der Waals surface area contributed by atoms with E-state index in [1.807, 2.05) is 25.1 Å². The zero-order valence-electron chi connectivity index (χ0n) is 16.6. The van der Waals surface area contributed by atoms with Gasteiger partial charge in [0.25, 0.3) is 0 Å². The minimum absolute atomic E-state index is 0.206. The second kappa shape index (κ2) is 8.72. The minimum atomic E-state index is -0.727. The van der Waals surface area contributed by atoms with Gasteiger partial charge in [-0.05, 0) is 50.1 Å². The van der Waals surface area contributed by atoms with Crippen molar-refractivity contribution in [2.75, 3.05) is 0 Å². The predicted octanol–water partition coefficient (Wildman–Crippen LogP) is 5.56. The van der Waals surface area contributed by atoms with Gasteiger partial charge in [0.2, 0.25) is 0 Å². The summed E-state index contributed by atoms with van der Waals surface area (Å²) in [6.45, 7) is 6.13. The van der Waals surface area contributed by atoms with Crippen LogP contribution in [0.25, 0.3) is 28.1 Å². The Morgan fingerprint density at radius 3 is 2.36 bits per heavy atom. The van der Waals surface area contributed by atoms with E-state index in [0.29, 0.717) is 12.8 Å². The Labute approximate surface area is 165 Å². The molecule has 1 aromatic heterocycles. The van der Waals surface area contributed by atoms with Crippen LogP contribution in [-0.2, 0) is 0 Å². The lowest BCUT2D eigenvalue weighted by Crippen LogP contribution is -2.14. The molecule has 1 unspecified atom stereocenters. The van der Waals surface area contributed by atoms with Crippen molar-refractivity contribution in [2.24, 2.45) is 0 Å². The van der Waals surface area contributed by atoms with E-state index < -0.39 is 12.2 Å². The van der Waals surface area contributed by atoms with Crippen molar-refractivity contribution in [2.45, 2.75) is 51.9 Å². The Kier molecular flexibility index (Phi) is 6.32. The third-order valence-electron chi connectivity index (χ3n) is 5.06. The van der Waals surface area contributed by atoms with E-state index in [9.17, 15) is 14.6 Å². The van der Waals surface area contributed by atoms with E-state index in [2.05, 4.69) is 30.5 Å². The second-order valence-electron chi connectivity index (χ2n) is 7.47. The van der Waals surface area contributed by atoms with E-state index in [1.165, 1.54) is 12.1 Å². The number of aromatic nitrogens is 1. The molecule has 0 fully saturated rings. The molecule has 0 amide bonds. The van der Waals surface area contributed by atoms with E-state index in [0.717, 1.165) is 27.7 Å². The molecule has 28 heavy (non-hydrogen) atoms. The molecular weight excluding hydrogens is 353 g/mol. The fourth-order valence-corrected chi connectivity index (χ4v) is 3.65. The van der Waals surface area contributed by atoms with Gasteiger partial charge in [0.1, 0.15) is 5.82 Å². The van der Waals surface area contributed by atoms with E-state index in [1.54, 1.807) is 18.2 Å². The number of halogens is 1. The summed E-state index contributed by atoms with van der Waals surface area (Å²) in [4.78, 5) is 0. The summed E-state index contributed by atoms with van der Waals surface area (Å²) in [5.41, 5.74) is 4.01. The van der Waals surface area contributed by atoms with Crippen LogP contribution in [0.3, 0.4) is 0 Å². The van der Waals surface area contributed by atoms with Gasteiger partial charge in [-0.25, -0.2) is 4.39 Å². The van der Waals surface area contributed by atoms with Gasteiger partial charge in [0, 0.05) is 34.6 Å². The van der Waals surface area contributed by atoms with Crippen molar-refractivity contribution in [1.82, 2.24) is 4.57 Å². The summed E-state index contributed by atoms with van der Waals surface area (Å²) in [6, 6.07) is 14.9. The van der Waals surface area contributed by atoms with Crippen LogP contribution < -0.4 is 0 Å². The largest absolute Gasteiger partial charge is 0.393 e. The first kappa shape index (κ1) is 20.3. The average molecular weight is 381 g/mol. The normalized spacial score (nSPS) is 14.2. The van der Waals surface area contributed by atoms with Crippen LogP contribution in [-0.4, -0.2) is 27.0 Å². The standard InChI is InChI=1S/C24H28FNO2/c1-4-19(27)15-20(28)13-14-23-24(17-9-11-18(25)12-10-17)21-7-5-6-8-22(21)26(23)16(2)3/h5-14,16,19-20,27-28H,4,15H2,1-3H3/b14-13+/t19-,20?/m0/s1. The summed E-state index contributed by atoms with van der Waals surface area (Å²) in [5, 5.41) is 21.2. The molecular formula is C24H28FNO2. The van der Waals surface area contributed by atoms with Crippen LogP contribution in [0, 0.1) is 5.82 Å². The van der Waals surface area contributed by atoms with E-state index in [4.69, 9.17) is 0 Å². The van der Waals surface area contributed by atoms with E-state index in [-0.39, 0.29) is 11.9 Å². The molecule has 3 rings (SSSR count). The Hall–Kier alpha value is -2.43. The quantitative estimate of drug-likeness (QED) is 0.562. The third kappa shape index (κ3) is 4.18. The topological polar surface area (TPSA) is 45.4 Å². The minimum Gasteiger partial charge on any atom is -0.393 e. The summed E-state index contributed by atoms with van der Waals surface area (Å²) in [5.74, 6) is -0.266. The Bertz CT molecular complexity index is 957. The van der Waals surface area contributed by atoms with Crippen LogP contribution in [0.5, 0.6) is 0 Å². The SMILES string of the molecule is CC[C@H](O)CC(O)/C=C/c1c(-c2ccc(F)cc2)c2ccccc2n1C(C)C. The van der Waals surface area contributed by atoms with Crippen molar-refractivity contribution in [3.63, 3.8) is 0 Å². The average Bonchev–Trinajstić information content (AvgIpc) is 3.01. The molecule has 2 aromatic carbocycles. The van der Waals surface area contributed by atoms with Crippen LogP contribution in [0.1, 0.15) is 45.3 Å². The summed E-state index contributed by atoms with van der Waals surface area (Å²) in [6.07, 6.45) is 3.32. The molecule has 0 radical (unpaired) electrons. The predicted molar refractivity (Wildman–Crippen MR) is 114 cm³/mol. The smallest absolute Gasteiger partial charge is 0.123 e. The van der Waals surface area contributed by atoms with Crippen LogP contribution in [0.15, 0.2) is 54.6 Å². The van der Waals surface area contributed by atoms with Crippen LogP contribution in [0.2, 0.25) is 0 Å². The molecule has 3 nitrogen and oxygen atoms in total. The Morgan fingerprint density at radius 1 is 1.04 bits per heavy atom. The highest BCUT2D eigenvalue weighted by Gasteiger charge is 2.19. The first-order chi connectivity index (χ1) is 13.4. The van der Waals surface area contributed by atoms with Gasteiger partial charge < -0.3 is 14.8 Å². The lowest BCUT2D eigenvalue weighted by atomic mass is 10.0. The second-order valence-corrected chi connectivity index (χ2v) is 7.47. The fourth-order valence-electron chi connectivity index (χ4n) is 3.65. The molecule has 0 spiro atoms. The number of rotatable bonds is 7. The number of fused-ring (bicyclic) bond motifs is 1. The Morgan fingerprint density at radius 2 is 1.71 bits per heavy atom. The Balaban J connectivity index is 2.17. The van der Waals surface area contributed by atoms with Crippen molar-refractivity contribution < 1.29 is 14.6 Å². The molecule has 0 bridgehead atoms. The molecule has 3 aromatic rings. The molecule has 1 heterocycles. The van der Waals surface area contributed by atoms with Crippen molar-refractivity contribution in [3.8, 4) is 11.1 Å². The number of para-hydroxylation sites is 1. The van der Waals surface area contributed by atoms with Gasteiger partial charge in [0.05, 0.1) is 12.2 Å². The van der Waals surface area contributed by atoms with Crippen LogP contribution in [0.4, 0.5) is 4.39 Å². The van der Waals surface area contributed by atoms with Gasteiger partial charge in [0.15, 0.2) is 0 Å². The molecule has 0 saturated heterocycles. The monoisotopic (exact) mass is 381 g/mol. The first-order valence-corrected chi connectivity index (χ1v) is 9.85. The number of benzene rings is 2. The lowest BCUT2D eigenvalue weighted by Gasteiger charge is -2.15. The van der Waals surface area contributed by atoms with Gasteiger partial charge in [-0.2, -0.15) is 0 Å². The summed E-state index contributed by atoms with van der Waals surface area (Å²) < 4.78 is 15.7. The van der Waals surface area contributed by atoms with Gasteiger partial charge in [-0.15, -0.1) is 0 Å². The number of nitrogens with zero attached hydrogens (tertiary/aromatic N) is 1. The van der Waals surface area contributed by atoms with Gasteiger partial charge >= 0.3 is 0 Å². The lowest BCUT2D eigenvalue weighted by molar-refractivity contribution is 0.102. The van der Waals surface area contributed by atoms with Gasteiger partial charge in [-0.1, -0.05) is 43.3 Å². The van der Waals surface area contributed by atoms with Crippen molar-refractivity contribution in [1.29, 1.82) is 0 Å². The number of hydrogen-bond donors (Lipinski definition) is 2. The molecule has 4 heteroatoms. The number of hydrogen-bond acceptors (Lipinski definition) is 2. The maximum absolute atomic E-state index is 13.5. The number of aliphatic hydroxyl groups excluding tert-OH is 2. The van der Waals surface area contributed by atoms with Crippen LogP contribution >= 0.6 is 0 Å². The number of aliphatic hydroxyl groups is 2. The van der Waals surface area contributed by atoms with E-state index >= 15 is 0 Å². The summed E-state index contributed by atoms with van der Waals surface area (Å²) in [7, 11) is 0. The van der Waals surface area contributed by atoms with Gasteiger partial charge in [-0.3, -0.25) is 0 Å². The molecule has 148 valence electrons.